The molecule has 0 amide bonds. The predicted molar refractivity (Wildman–Crippen MR) is 69.3 cm³/mol. The molecule has 90 valence electrons. The van der Waals surface area contributed by atoms with Gasteiger partial charge < -0.3 is 0 Å². The van der Waals surface area contributed by atoms with Crippen LogP contribution >= 0.6 is 15.9 Å². The highest BCUT2D eigenvalue weighted by Gasteiger charge is 2.02. The van der Waals surface area contributed by atoms with Gasteiger partial charge in [0, 0.05) is 6.20 Å². The first kappa shape index (κ1) is 12.3. The topological polar surface area (TPSA) is 78.7 Å². The van der Waals surface area contributed by atoms with Crippen LogP contribution in [0.3, 0.4) is 0 Å². The van der Waals surface area contributed by atoms with Crippen LogP contribution in [0.5, 0.6) is 0 Å². The Morgan fingerprint density at radius 1 is 1.28 bits per heavy atom. The summed E-state index contributed by atoms with van der Waals surface area (Å²) in [7, 11) is 0. The summed E-state index contributed by atoms with van der Waals surface area (Å²) in [5.74, 6) is 0. The summed E-state index contributed by atoms with van der Waals surface area (Å²) in [4.78, 5) is 24.9. The molecule has 0 saturated carbocycles. The van der Waals surface area contributed by atoms with E-state index >= 15 is 0 Å². The maximum absolute atomic E-state index is 11.6. The van der Waals surface area contributed by atoms with Gasteiger partial charge in [-0.1, -0.05) is 12.1 Å². The van der Waals surface area contributed by atoms with Crippen LogP contribution in [0.4, 0.5) is 0 Å². The van der Waals surface area contributed by atoms with Gasteiger partial charge in [-0.25, -0.2) is 4.79 Å². The number of aromatic nitrogens is 2. The molecule has 0 atom stereocenters. The Bertz CT molecular complexity index is 723. The molecule has 2 aromatic rings. The van der Waals surface area contributed by atoms with Gasteiger partial charge in [-0.3, -0.25) is 14.3 Å². The monoisotopic (exact) mass is 305 g/mol. The predicted octanol–water partition coefficient (Wildman–Crippen LogP) is 1.22. The maximum atomic E-state index is 11.6. The number of hydrogen-bond donors (Lipinski definition) is 1. The lowest BCUT2D eigenvalue weighted by Gasteiger charge is -2.05. The minimum Gasteiger partial charge on any atom is -0.295 e. The van der Waals surface area contributed by atoms with Crippen LogP contribution < -0.4 is 11.2 Å². The van der Waals surface area contributed by atoms with E-state index in [1.54, 1.807) is 24.3 Å². The molecule has 0 aliphatic carbocycles. The van der Waals surface area contributed by atoms with Crippen LogP contribution in [-0.2, 0) is 6.54 Å². The lowest BCUT2D eigenvalue weighted by atomic mass is 10.1. The third-order valence-corrected chi connectivity index (χ3v) is 2.97. The zero-order valence-corrected chi connectivity index (χ0v) is 10.8. The first-order valence-corrected chi connectivity index (χ1v) is 5.88. The van der Waals surface area contributed by atoms with Gasteiger partial charge in [0.1, 0.15) is 0 Å². The molecule has 1 N–H and O–H groups in total. The highest BCUT2D eigenvalue weighted by Crippen LogP contribution is 2.05. The van der Waals surface area contributed by atoms with E-state index in [1.165, 1.54) is 10.8 Å². The van der Waals surface area contributed by atoms with Crippen molar-refractivity contribution in [2.75, 3.05) is 0 Å². The smallest absolute Gasteiger partial charge is 0.295 e. The molecule has 0 aliphatic rings. The first-order chi connectivity index (χ1) is 8.60. The lowest BCUT2D eigenvalue weighted by molar-refractivity contribution is 0.716. The lowest BCUT2D eigenvalue weighted by Crippen LogP contribution is -2.30. The SMILES string of the molecule is N#Cc1ccc(Cn2cc(Br)c(=O)[nH]c2=O)cc1. The van der Waals surface area contributed by atoms with Gasteiger partial charge in [0.25, 0.3) is 5.56 Å². The van der Waals surface area contributed by atoms with E-state index in [0.717, 1.165) is 5.56 Å². The van der Waals surface area contributed by atoms with E-state index in [2.05, 4.69) is 20.9 Å². The van der Waals surface area contributed by atoms with Crippen molar-refractivity contribution in [3.05, 3.63) is 66.9 Å². The molecule has 0 unspecified atom stereocenters. The molecule has 0 radical (unpaired) electrons. The van der Waals surface area contributed by atoms with Crippen LogP contribution in [0.25, 0.3) is 0 Å². The second-order valence-electron chi connectivity index (χ2n) is 3.67. The molecule has 0 aliphatic heterocycles. The zero-order valence-electron chi connectivity index (χ0n) is 9.18. The van der Waals surface area contributed by atoms with Crippen LogP contribution in [0.2, 0.25) is 0 Å². The van der Waals surface area contributed by atoms with Crippen LogP contribution in [0.1, 0.15) is 11.1 Å². The van der Waals surface area contributed by atoms with Crippen molar-refractivity contribution < 1.29 is 0 Å². The summed E-state index contributed by atoms with van der Waals surface area (Å²) in [6.07, 6.45) is 1.44. The fourth-order valence-corrected chi connectivity index (χ4v) is 1.83. The Morgan fingerprint density at radius 2 is 1.94 bits per heavy atom. The quantitative estimate of drug-likeness (QED) is 0.906. The summed E-state index contributed by atoms with van der Waals surface area (Å²) < 4.78 is 1.68. The highest BCUT2D eigenvalue weighted by atomic mass is 79.9. The number of benzene rings is 1. The van der Waals surface area contributed by atoms with Crippen molar-refractivity contribution in [2.45, 2.75) is 6.54 Å². The molecule has 0 bridgehead atoms. The standard InChI is InChI=1S/C12H8BrN3O2/c13-10-7-16(12(18)15-11(10)17)6-9-3-1-8(5-14)2-4-9/h1-4,7H,6H2,(H,15,17,18). The number of H-pyrrole nitrogens is 1. The number of nitriles is 1. The Morgan fingerprint density at radius 3 is 2.56 bits per heavy atom. The molecule has 18 heavy (non-hydrogen) atoms. The van der Waals surface area contributed by atoms with Crippen LogP contribution in [0, 0.1) is 11.3 Å². The molecule has 2 rings (SSSR count). The summed E-state index contributed by atoms with van der Waals surface area (Å²) in [5, 5.41) is 8.68. The Hall–Kier alpha value is -2.13. The summed E-state index contributed by atoms with van der Waals surface area (Å²) >= 11 is 3.07. The summed E-state index contributed by atoms with van der Waals surface area (Å²) in [5.41, 5.74) is 0.521. The zero-order chi connectivity index (χ0) is 13.1. The number of nitrogens with one attached hydrogen (secondary N) is 1. The van der Waals surface area contributed by atoms with E-state index in [1.807, 2.05) is 6.07 Å². The first-order valence-electron chi connectivity index (χ1n) is 5.08. The van der Waals surface area contributed by atoms with Crippen molar-refractivity contribution >= 4 is 15.9 Å². The Balaban J connectivity index is 2.34. The van der Waals surface area contributed by atoms with Crippen molar-refractivity contribution in [2.24, 2.45) is 0 Å². The van der Waals surface area contributed by atoms with Gasteiger partial charge in [-0.2, -0.15) is 5.26 Å². The average molecular weight is 306 g/mol. The van der Waals surface area contributed by atoms with Crippen molar-refractivity contribution in [3.8, 4) is 6.07 Å². The number of hydrogen-bond acceptors (Lipinski definition) is 3. The van der Waals surface area contributed by atoms with Gasteiger partial charge in [0.05, 0.1) is 22.7 Å². The highest BCUT2D eigenvalue weighted by molar-refractivity contribution is 9.10. The summed E-state index contributed by atoms with van der Waals surface area (Å²) in [6.45, 7) is 0.333. The van der Waals surface area contributed by atoms with Crippen molar-refractivity contribution in [1.82, 2.24) is 9.55 Å². The van der Waals surface area contributed by atoms with E-state index < -0.39 is 11.2 Å². The molecule has 1 aromatic heterocycles. The van der Waals surface area contributed by atoms with E-state index in [9.17, 15) is 9.59 Å². The molecule has 1 heterocycles. The molecule has 0 saturated heterocycles. The molecule has 5 nitrogen and oxygen atoms in total. The maximum Gasteiger partial charge on any atom is 0.328 e. The second-order valence-corrected chi connectivity index (χ2v) is 4.53. The molecular weight excluding hydrogens is 298 g/mol. The van der Waals surface area contributed by atoms with E-state index in [0.29, 0.717) is 16.6 Å². The van der Waals surface area contributed by atoms with Crippen LogP contribution in [0.15, 0.2) is 44.5 Å². The average Bonchev–Trinajstić information content (AvgIpc) is 2.37. The molecule has 6 heteroatoms. The van der Waals surface area contributed by atoms with Crippen LogP contribution in [-0.4, -0.2) is 9.55 Å². The van der Waals surface area contributed by atoms with E-state index in [-0.39, 0.29) is 0 Å². The largest absolute Gasteiger partial charge is 0.328 e. The normalized spacial score (nSPS) is 10.0. The van der Waals surface area contributed by atoms with Crippen molar-refractivity contribution in [3.63, 3.8) is 0 Å². The number of rotatable bonds is 2. The van der Waals surface area contributed by atoms with E-state index in [4.69, 9.17) is 5.26 Å². The molecular formula is C12H8BrN3O2. The molecule has 1 aromatic carbocycles. The van der Waals surface area contributed by atoms with Gasteiger partial charge >= 0.3 is 5.69 Å². The van der Waals surface area contributed by atoms with Gasteiger partial charge in [-0.05, 0) is 33.6 Å². The van der Waals surface area contributed by atoms with Gasteiger partial charge in [0.2, 0.25) is 0 Å². The minimum atomic E-state index is -0.465. The van der Waals surface area contributed by atoms with Gasteiger partial charge in [-0.15, -0.1) is 0 Å². The Labute approximate surface area is 110 Å². The van der Waals surface area contributed by atoms with Gasteiger partial charge in [0.15, 0.2) is 0 Å². The van der Waals surface area contributed by atoms with Crippen molar-refractivity contribution in [1.29, 1.82) is 5.26 Å². The second kappa shape index (κ2) is 5.02. The number of halogens is 1. The number of nitrogens with zero attached hydrogens (tertiary/aromatic N) is 2. The Kier molecular flexibility index (Phi) is 3.44. The third-order valence-electron chi connectivity index (χ3n) is 2.40. The summed E-state index contributed by atoms with van der Waals surface area (Å²) in [6, 6.07) is 8.92. The molecule has 0 fully saturated rings. The fourth-order valence-electron chi connectivity index (χ4n) is 1.48. The fraction of sp³-hybridized carbons (Fsp3) is 0.0833. The number of aromatic amines is 1. The molecule has 0 spiro atoms. The third kappa shape index (κ3) is 2.57. The minimum absolute atomic E-state index is 0.302.